The van der Waals surface area contributed by atoms with Gasteiger partial charge in [0.1, 0.15) is 5.76 Å². The van der Waals surface area contributed by atoms with Crippen LogP contribution in [0.5, 0.6) is 0 Å². The Morgan fingerprint density at radius 2 is 1.96 bits per heavy atom. The molecule has 4 rings (SSSR count). The van der Waals surface area contributed by atoms with Crippen molar-refractivity contribution in [3.8, 4) is 0 Å². The first-order chi connectivity index (χ1) is 13.2. The van der Waals surface area contributed by atoms with Crippen molar-refractivity contribution in [2.45, 2.75) is 19.8 Å². The number of nitrogens with zero attached hydrogens (tertiary/aromatic N) is 2. The molecule has 1 aliphatic heterocycles. The number of furan rings is 1. The van der Waals surface area contributed by atoms with Gasteiger partial charge in [0.25, 0.3) is 0 Å². The third-order valence-corrected chi connectivity index (χ3v) is 5.74. The summed E-state index contributed by atoms with van der Waals surface area (Å²) in [6, 6.07) is 3.79. The van der Waals surface area contributed by atoms with Crippen LogP contribution in [0.25, 0.3) is 0 Å². The number of fused-ring (bicyclic) bond motifs is 5. The van der Waals surface area contributed by atoms with Gasteiger partial charge >= 0.3 is 0 Å². The van der Waals surface area contributed by atoms with Crippen LogP contribution < -0.4 is 10.6 Å². The fourth-order valence-corrected chi connectivity index (χ4v) is 4.55. The van der Waals surface area contributed by atoms with Gasteiger partial charge < -0.3 is 15.1 Å². The Morgan fingerprint density at radius 3 is 2.59 bits per heavy atom. The normalized spacial score (nSPS) is 28.9. The number of hydrogen-bond acceptors (Lipinski definition) is 4. The number of amides is 2. The first-order valence-corrected chi connectivity index (χ1v) is 9.77. The van der Waals surface area contributed by atoms with E-state index in [4.69, 9.17) is 4.42 Å². The molecular formula is C20H26N4O3. The minimum atomic E-state index is -0.122. The van der Waals surface area contributed by atoms with Gasteiger partial charge in [-0.15, -0.1) is 0 Å². The zero-order chi connectivity index (χ0) is 18.8. The van der Waals surface area contributed by atoms with Crippen LogP contribution in [0.3, 0.4) is 0 Å². The Labute approximate surface area is 158 Å². The standard InChI is InChI=1S/C20H26N4O3/c1-2-21-20(22-8-7-15-4-3-11-27-15)23-9-10-24-18(25)16-13-5-6-14(12-13)17(16)19(24)26/h3-6,11,13-14,16-17H,2,7-10,12H2,1H3,(H2,21,22,23). The van der Waals surface area contributed by atoms with Crippen molar-refractivity contribution in [3.05, 3.63) is 36.3 Å². The molecule has 144 valence electrons. The molecule has 1 saturated carbocycles. The highest BCUT2D eigenvalue weighted by molar-refractivity contribution is 6.06. The predicted molar refractivity (Wildman–Crippen MR) is 101 cm³/mol. The first-order valence-electron chi connectivity index (χ1n) is 9.77. The zero-order valence-corrected chi connectivity index (χ0v) is 15.6. The van der Waals surface area contributed by atoms with Gasteiger partial charge in [-0.05, 0) is 37.3 Å². The molecule has 2 fully saturated rings. The first kappa shape index (κ1) is 17.8. The molecule has 2 heterocycles. The average Bonchev–Trinajstić information content (AvgIpc) is 3.43. The van der Waals surface area contributed by atoms with Gasteiger partial charge in [0.05, 0.1) is 18.1 Å². The molecule has 27 heavy (non-hydrogen) atoms. The lowest BCUT2D eigenvalue weighted by molar-refractivity contribution is -0.140. The third kappa shape index (κ3) is 3.38. The predicted octanol–water partition coefficient (Wildman–Crippen LogP) is 1.18. The second-order valence-corrected chi connectivity index (χ2v) is 7.34. The molecule has 1 aromatic rings. The van der Waals surface area contributed by atoms with Gasteiger partial charge in [-0.25, -0.2) is 0 Å². The van der Waals surface area contributed by atoms with Crippen molar-refractivity contribution >= 4 is 17.8 Å². The van der Waals surface area contributed by atoms with Gasteiger partial charge in [0.15, 0.2) is 5.96 Å². The lowest BCUT2D eigenvalue weighted by atomic mass is 9.85. The van der Waals surface area contributed by atoms with Crippen LogP contribution in [0.2, 0.25) is 0 Å². The summed E-state index contributed by atoms with van der Waals surface area (Å²) in [4.78, 5) is 31.3. The van der Waals surface area contributed by atoms with Crippen molar-refractivity contribution in [2.24, 2.45) is 28.7 Å². The van der Waals surface area contributed by atoms with E-state index < -0.39 is 0 Å². The van der Waals surface area contributed by atoms with Crippen LogP contribution >= 0.6 is 0 Å². The highest BCUT2D eigenvalue weighted by atomic mass is 16.3. The highest BCUT2D eigenvalue weighted by Gasteiger charge is 2.58. The van der Waals surface area contributed by atoms with Gasteiger partial charge in [-0.2, -0.15) is 0 Å². The van der Waals surface area contributed by atoms with E-state index in [1.807, 2.05) is 19.1 Å². The second-order valence-electron chi connectivity index (χ2n) is 7.34. The molecule has 2 N–H and O–H groups in total. The van der Waals surface area contributed by atoms with Crippen LogP contribution in [-0.2, 0) is 16.0 Å². The third-order valence-electron chi connectivity index (χ3n) is 5.74. The average molecular weight is 370 g/mol. The molecule has 0 spiro atoms. The number of allylic oxidation sites excluding steroid dienone is 2. The van der Waals surface area contributed by atoms with E-state index in [0.29, 0.717) is 25.6 Å². The molecule has 4 atom stereocenters. The molecule has 2 bridgehead atoms. The summed E-state index contributed by atoms with van der Waals surface area (Å²) in [5.74, 6) is 1.87. The minimum Gasteiger partial charge on any atom is -0.469 e. The number of nitrogens with one attached hydrogen (secondary N) is 2. The van der Waals surface area contributed by atoms with Crippen LogP contribution in [-0.4, -0.2) is 48.9 Å². The summed E-state index contributed by atoms with van der Waals surface area (Å²) in [5.41, 5.74) is 0. The molecule has 7 heteroatoms. The van der Waals surface area contributed by atoms with E-state index in [1.54, 1.807) is 6.26 Å². The summed E-state index contributed by atoms with van der Waals surface area (Å²) in [6.45, 7) is 4.22. The van der Waals surface area contributed by atoms with Gasteiger partial charge in [0.2, 0.25) is 11.8 Å². The van der Waals surface area contributed by atoms with Crippen molar-refractivity contribution < 1.29 is 14.0 Å². The Balaban J connectivity index is 1.29. The maximum absolute atomic E-state index is 12.7. The molecule has 1 aromatic heterocycles. The van der Waals surface area contributed by atoms with Crippen LogP contribution in [0.4, 0.5) is 0 Å². The summed E-state index contributed by atoms with van der Waals surface area (Å²) in [6.07, 6.45) is 7.59. The number of carbonyl (C=O) groups excluding carboxylic acids is 2. The second kappa shape index (κ2) is 7.58. The molecule has 0 aromatic carbocycles. The lowest BCUT2D eigenvalue weighted by Crippen LogP contribution is -2.43. The SMILES string of the molecule is CCNC(=NCCc1ccco1)NCCN1C(=O)C2C3C=CC(C3)C2C1=O. The number of carbonyl (C=O) groups is 2. The summed E-state index contributed by atoms with van der Waals surface area (Å²) in [5, 5.41) is 6.40. The van der Waals surface area contributed by atoms with Crippen LogP contribution in [0.15, 0.2) is 40.0 Å². The molecule has 3 aliphatic rings. The van der Waals surface area contributed by atoms with Crippen LogP contribution in [0, 0.1) is 23.7 Å². The van der Waals surface area contributed by atoms with Gasteiger partial charge in [0, 0.05) is 32.6 Å². The molecule has 0 radical (unpaired) electrons. The van der Waals surface area contributed by atoms with E-state index in [2.05, 4.69) is 27.8 Å². The fourth-order valence-electron chi connectivity index (χ4n) is 4.55. The van der Waals surface area contributed by atoms with E-state index in [-0.39, 0.29) is 35.5 Å². The summed E-state index contributed by atoms with van der Waals surface area (Å²) < 4.78 is 5.31. The molecule has 2 amide bonds. The highest BCUT2D eigenvalue weighted by Crippen LogP contribution is 2.52. The smallest absolute Gasteiger partial charge is 0.233 e. The van der Waals surface area contributed by atoms with Crippen molar-refractivity contribution in [2.75, 3.05) is 26.2 Å². The lowest BCUT2D eigenvalue weighted by Gasteiger charge is -2.18. The van der Waals surface area contributed by atoms with E-state index in [9.17, 15) is 9.59 Å². The quantitative estimate of drug-likeness (QED) is 0.326. The maximum Gasteiger partial charge on any atom is 0.233 e. The Kier molecular flexibility index (Phi) is 5.01. The Hall–Kier alpha value is -2.57. The van der Waals surface area contributed by atoms with Crippen LogP contribution in [0.1, 0.15) is 19.1 Å². The summed E-state index contributed by atoms with van der Waals surface area (Å²) >= 11 is 0. The molecular weight excluding hydrogens is 344 g/mol. The largest absolute Gasteiger partial charge is 0.469 e. The van der Waals surface area contributed by atoms with Gasteiger partial charge in [-0.1, -0.05) is 12.2 Å². The van der Waals surface area contributed by atoms with Crippen molar-refractivity contribution in [3.63, 3.8) is 0 Å². The molecule has 4 unspecified atom stereocenters. The van der Waals surface area contributed by atoms with E-state index >= 15 is 0 Å². The fraction of sp³-hybridized carbons (Fsp3) is 0.550. The number of likely N-dealkylation sites (tertiary alicyclic amines) is 1. The molecule has 2 aliphatic carbocycles. The van der Waals surface area contributed by atoms with Crippen molar-refractivity contribution in [1.82, 2.24) is 15.5 Å². The number of guanidine groups is 1. The van der Waals surface area contributed by atoms with E-state index in [1.165, 1.54) is 4.90 Å². The Morgan fingerprint density at radius 1 is 1.22 bits per heavy atom. The topological polar surface area (TPSA) is 86.9 Å². The number of rotatable bonds is 7. The molecule has 7 nitrogen and oxygen atoms in total. The minimum absolute atomic E-state index is 0.00316. The zero-order valence-electron chi connectivity index (χ0n) is 15.6. The number of aliphatic imine (C=N–C) groups is 1. The number of hydrogen-bond donors (Lipinski definition) is 2. The van der Waals surface area contributed by atoms with E-state index in [0.717, 1.165) is 25.1 Å². The Bertz CT molecular complexity index is 725. The summed E-state index contributed by atoms with van der Waals surface area (Å²) in [7, 11) is 0. The monoisotopic (exact) mass is 370 g/mol. The van der Waals surface area contributed by atoms with Gasteiger partial charge in [-0.3, -0.25) is 19.5 Å². The number of imide groups is 1. The molecule has 1 saturated heterocycles. The van der Waals surface area contributed by atoms with Crippen molar-refractivity contribution in [1.29, 1.82) is 0 Å². The maximum atomic E-state index is 12.7.